The van der Waals surface area contributed by atoms with Gasteiger partial charge in [-0.2, -0.15) is 0 Å². The summed E-state index contributed by atoms with van der Waals surface area (Å²) in [6.07, 6.45) is 1.83. The van der Waals surface area contributed by atoms with Gasteiger partial charge in [0.1, 0.15) is 12.1 Å². The molecule has 23 heavy (non-hydrogen) atoms. The highest BCUT2D eigenvalue weighted by Crippen LogP contribution is 2.40. The molecule has 3 unspecified atom stereocenters. The van der Waals surface area contributed by atoms with Crippen molar-refractivity contribution in [2.24, 2.45) is 0 Å². The minimum atomic E-state index is -1.49. The number of nitrogens with zero attached hydrogens (tertiary/aromatic N) is 2. The maximum Gasteiger partial charge on any atom is 0.331 e. The first-order valence-electron chi connectivity index (χ1n) is 7.93. The average molecular weight is 314 g/mol. The highest BCUT2D eigenvalue weighted by atomic mass is 16.6. The van der Waals surface area contributed by atoms with Gasteiger partial charge in [-0.25, -0.2) is 4.79 Å². The lowest BCUT2D eigenvalue weighted by Crippen LogP contribution is -2.68. The summed E-state index contributed by atoms with van der Waals surface area (Å²) < 4.78 is 5.40. The summed E-state index contributed by atoms with van der Waals surface area (Å²) in [5, 5.41) is 0. The molecule has 3 aliphatic rings. The van der Waals surface area contributed by atoms with Gasteiger partial charge in [0, 0.05) is 19.9 Å². The number of fused-ring (bicyclic) bond motifs is 2. The number of carbonyl (C=O) groups is 3. The van der Waals surface area contributed by atoms with Gasteiger partial charge in [0.2, 0.25) is 5.91 Å². The van der Waals surface area contributed by atoms with E-state index in [-0.39, 0.29) is 11.8 Å². The summed E-state index contributed by atoms with van der Waals surface area (Å²) in [6, 6.07) is 8.30. The largest absolute Gasteiger partial charge is 0.428 e. The number of esters is 1. The van der Waals surface area contributed by atoms with Gasteiger partial charge in [-0.05, 0) is 18.4 Å². The van der Waals surface area contributed by atoms with Gasteiger partial charge < -0.3 is 9.64 Å². The summed E-state index contributed by atoms with van der Waals surface area (Å²) in [5.41, 5.74) is -0.554. The van der Waals surface area contributed by atoms with Crippen LogP contribution in [0.4, 0.5) is 0 Å². The Morgan fingerprint density at radius 3 is 2.70 bits per heavy atom. The van der Waals surface area contributed by atoms with Crippen LogP contribution in [0.1, 0.15) is 25.3 Å². The van der Waals surface area contributed by atoms with Crippen molar-refractivity contribution >= 4 is 17.8 Å². The quantitative estimate of drug-likeness (QED) is 0.754. The van der Waals surface area contributed by atoms with Crippen LogP contribution in [0.25, 0.3) is 0 Å². The molecule has 3 saturated heterocycles. The molecule has 1 aromatic carbocycles. The lowest BCUT2D eigenvalue weighted by molar-refractivity contribution is -0.188. The summed E-state index contributed by atoms with van der Waals surface area (Å²) >= 11 is 0. The maximum absolute atomic E-state index is 12.9. The van der Waals surface area contributed by atoms with Crippen molar-refractivity contribution < 1.29 is 19.1 Å². The molecule has 0 saturated carbocycles. The fraction of sp³-hybridized carbons (Fsp3) is 0.471. The standard InChI is InChI=1S/C17H18N2O4/c1-17-16(22)18-9-5-8-12(18)14(20)19(17)13(15(21)23-17)10-11-6-3-2-4-7-11/h2-4,6-7,12-13H,5,8-10H2,1H3. The number of carbonyl (C=O) groups excluding carboxylic acids is 3. The van der Waals surface area contributed by atoms with Crippen LogP contribution in [0.15, 0.2) is 30.3 Å². The molecule has 3 heterocycles. The van der Waals surface area contributed by atoms with E-state index >= 15 is 0 Å². The van der Waals surface area contributed by atoms with Crippen LogP contribution in [0.5, 0.6) is 0 Å². The van der Waals surface area contributed by atoms with E-state index in [4.69, 9.17) is 4.74 Å². The molecule has 6 heteroatoms. The second-order valence-electron chi connectivity index (χ2n) is 6.47. The SMILES string of the molecule is CC12OC(=O)C(Cc3ccccc3)N1C(=O)C1CCCN1C2=O. The van der Waals surface area contributed by atoms with Gasteiger partial charge >= 0.3 is 5.97 Å². The number of amides is 2. The van der Waals surface area contributed by atoms with Crippen molar-refractivity contribution in [2.45, 2.75) is 44.0 Å². The Balaban J connectivity index is 1.71. The molecule has 120 valence electrons. The molecule has 6 nitrogen and oxygen atoms in total. The summed E-state index contributed by atoms with van der Waals surface area (Å²) in [7, 11) is 0. The van der Waals surface area contributed by atoms with Crippen LogP contribution in [-0.4, -0.2) is 51.9 Å². The van der Waals surface area contributed by atoms with Gasteiger partial charge in [0.05, 0.1) is 0 Å². The second kappa shape index (κ2) is 4.81. The zero-order valence-corrected chi connectivity index (χ0v) is 12.9. The lowest BCUT2D eigenvalue weighted by Gasteiger charge is -2.44. The minimum Gasteiger partial charge on any atom is -0.428 e. The molecule has 0 bridgehead atoms. The molecule has 0 N–H and O–H groups in total. The monoisotopic (exact) mass is 314 g/mol. The number of hydrogen-bond acceptors (Lipinski definition) is 4. The van der Waals surface area contributed by atoms with Gasteiger partial charge in [-0.3, -0.25) is 14.5 Å². The third kappa shape index (κ3) is 1.90. The fourth-order valence-corrected chi connectivity index (χ4v) is 3.93. The Kier molecular flexibility index (Phi) is 2.98. The predicted octanol–water partition coefficient (Wildman–Crippen LogP) is 0.704. The number of benzene rings is 1. The lowest BCUT2D eigenvalue weighted by atomic mass is 9.99. The van der Waals surface area contributed by atoms with E-state index in [1.165, 1.54) is 11.8 Å². The maximum atomic E-state index is 12.9. The first-order chi connectivity index (χ1) is 11.0. The normalized spacial score (nSPS) is 32.8. The van der Waals surface area contributed by atoms with Crippen LogP contribution >= 0.6 is 0 Å². The van der Waals surface area contributed by atoms with E-state index in [0.717, 1.165) is 12.0 Å². The van der Waals surface area contributed by atoms with Crippen LogP contribution in [-0.2, 0) is 25.5 Å². The molecule has 3 atom stereocenters. The Hall–Kier alpha value is -2.37. The first kappa shape index (κ1) is 14.2. The Morgan fingerprint density at radius 2 is 1.96 bits per heavy atom. The van der Waals surface area contributed by atoms with E-state index in [0.29, 0.717) is 19.4 Å². The number of hydrogen-bond donors (Lipinski definition) is 0. The second-order valence-corrected chi connectivity index (χ2v) is 6.47. The van der Waals surface area contributed by atoms with Gasteiger partial charge in [0.15, 0.2) is 0 Å². The third-order valence-electron chi connectivity index (χ3n) is 5.05. The zero-order valence-electron chi connectivity index (χ0n) is 12.9. The van der Waals surface area contributed by atoms with Crippen LogP contribution < -0.4 is 0 Å². The third-order valence-corrected chi connectivity index (χ3v) is 5.05. The van der Waals surface area contributed by atoms with Crippen molar-refractivity contribution in [2.75, 3.05) is 6.54 Å². The van der Waals surface area contributed by atoms with Crippen molar-refractivity contribution in [1.82, 2.24) is 9.80 Å². The Morgan fingerprint density at radius 1 is 1.22 bits per heavy atom. The van der Waals surface area contributed by atoms with Crippen molar-refractivity contribution in [3.8, 4) is 0 Å². The van der Waals surface area contributed by atoms with E-state index in [2.05, 4.69) is 0 Å². The smallest absolute Gasteiger partial charge is 0.331 e. The molecule has 0 radical (unpaired) electrons. The van der Waals surface area contributed by atoms with E-state index in [9.17, 15) is 14.4 Å². The highest BCUT2D eigenvalue weighted by molar-refractivity contribution is 6.04. The van der Waals surface area contributed by atoms with Crippen molar-refractivity contribution in [1.29, 1.82) is 0 Å². The molecule has 3 aliphatic heterocycles. The summed E-state index contributed by atoms with van der Waals surface area (Å²) in [4.78, 5) is 41.0. The van der Waals surface area contributed by atoms with Gasteiger partial charge in [-0.1, -0.05) is 30.3 Å². The number of rotatable bonds is 2. The van der Waals surface area contributed by atoms with Gasteiger partial charge in [-0.15, -0.1) is 0 Å². The molecule has 4 rings (SSSR count). The number of piperazine rings is 1. The fourth-order valence-electron chi connectivity index (χ4n) is 3.93. The Labute approximate surface area is 134 Å². The van der Waals surface area contributed by atoms with Crippen LogP contribution in [0.2, 0.25) is 0 Å². The van der Waals surface area contributed by atoms with Crippen molar-refractivity contribution in [3.63, 3.8) is 0 Å². The predicted molar refractivity (Wildman–Crippen MR) is 80.0 cm³/mol. The van der Waals surface area contributed by atoms with Crippen molar-refractivity contribution in [3.05, 3.63) is 35.9 Å². The molecule has 2 amide bonds. The van der Waals surface area contributed by atoms with Gasteiger partial charge in [0.25, 0.3) is 11.6 Å². The molecule has 0 spiro atoms. The molecule has 0 aromatic heterocycles. The van der Waals surface area contributed by atoms with E-state index in [1.807, 2.05) is 30.3 Å². The highest BCUT2D eigenvalue weighted by Gasteiger charge is 2.64. The molecule has 1 aromatic rings. The summed E-state index contributed by atoms with van der Waals surface area (Å²) in [6.45, 7) is 2.09. The first-order valence-corrected chi connectivity index (χ1v) is 7.93. The van der Waals surface area contributed by atoms with E-state index in [1.54, 1.807) is 4.90 Å². The Bertz CT molecular complexity index is 689. The van der Waals surface area contributed by atoms with Crippen LogP contribution in [0, 0.1) is 0 Å². The molecule has 0 aliphatic carbocycles. The average Bonchev–Trinajstić information content (AvgIpc) is 3.11. The van der Waals surface area contributed by atoms with Crippen LogP contribution in [0.3, 0.4) is 0 Å². The number of ether oxygens (including phenoxy) is 1. The zero-order chi connectivity index (χ0) is 16.2. The van der Waals surface area contributed by atoms with E-state index < -0.39 is 23.8 Å². The summed E-state index contributed by atoms with van der Waals surface area (Å²) in [5.74, 6) is -0.945. The molecular formula is C17H18N2O4. The minimum absolute atomic E-state index is 0.170. The topological polar surface area (TPSA) is 66.9 Å². The molecule has 3 fully saturated rings. The molecular weight excluding hydrogens is 296 g/mol.